The molecule has 0 aromatic heterocycles. The van der Waals surface area contributed by atoms with E-state index in [1.807, 2.05) is 0 Å². The van der Waals surface area contributed by atoms with E-state index in [-0.39, 0.29) is 6.54 Å². The van der Waals surface area contributed by atoms with Gasteiger partial charge in [-0.2, -0.15) is 0 Å². The van der Waals surface area contributed by atoms with Gasteiger partial charge < -0.3 is 14.7 Å². The number of hydrogen-bond donors (Lipinski definition) is 1. The molecule has 0 unspecified atom stereocenters. The van der Waals surface area contributed by atoms with Crippen molar-refractivity contribution in [2.24, 2.45) is 0 Å². The largest absolute Gasteiger partial charge is 0.480 e. The van der Waals surface area contributed by atoms with Gasteiger partial charge in [0, 0.05) is 12.4 Å². The van der Waals surface area contributed by atoms with E-state index in [2.05, 4.69) is 4.74 Å². The fourth-order valence-corrected chi connectivity index (χ4v) is 0.583. The highest BCUT2D eigenvalue weighted by Gasteiger charge is 2.02. The first kappa shape index (κ1) is 6.67. The van der Waals surface area contributed by atoms with Crippen molar-refractivity contribution in [2.45, 2.75) is 0 Å². The maximum absolute atomic E-state index is 10.1. The normalized spacial score (nSPS) is 15.0. The fraction of sp³-hybridized carbons (Fsp3) is 0.167. The van der Waals surface area contributed by atoms with Crippen molar-refractivity contribution in [3.8, 4) is 0 Å². The van der Waals surface area contributed by atoms with Crippen LogP contribution in [0.4, 0.5) is 0 Å². The van der Waals surface area contributed by atoms with Crippen molar-refractivity contribution in [1.29, 1.82) is 0 Å². The quantitative estimate of drug-likeness (QED) is 0.602. The van der Waals surface area contributed by atoms with Crippen molar-refractivity contribution in [3.05, 3.63) is 24.9 Å². The Morgan fingerprint density at radius 1 is 1.50 bits per heavy atom. The molecule has 54 valence electrons. The molecule has 4 nitrogen and oxygen atoms in total. The van der Waals surface area contributed by atoms with Crippen molar-refractivity contribution in [2.75, 3.05) is 6.54 Å². The number of hydrogen-bond acceptors (Lipinski definition) is 3. The number of rotatable bonds is 2. The van der Waals surface area contributed by atoms with E-state index in [4.69, 9.17) is 5.11 Å². The molecule has 1 rings (SSSR count). The summed E-state index contributed by atoms with van der Waals surface area (Å²) in [6.45, 7) is -0.0314. The van der Waals surface area contributed by atoms with Gasteiger partial charge in [-0.1, -0.05) is 0 Å². The van der Waals surface area contributed by atoms with Crippen LogP contribution in [0, 0.1) is 0 Å². The van der Waals surface area contributed by atoms with Gasteiger partial charge in [0.1, 0.15) is 19.1 Å². The summed E-state index contributed by atoms with van der Waals surface area (Å²) in [7, 11) is 0. The molecule has 1 aliphatic heterocycles. The smallest absolute Gasteiger partial charge is 0.323 e. The lowest BCUT2D eigenvalue weighted by molar-refractivity contribution is -0.137. The van der Waals surface area contributed by atoms with Crippen molar-refractivity contribution in [3.63, 3.8) is 0 Å². The fourth-order valence-electron chi connectivity index (χ4n) is 0.583. The minimum absolute atomic E-state index is 0.0314. The van der Waals surface area contributed by atoms with Gasteiger partial charge in [-0.3, -0.25) is 4.79 Å². The average molecular weight is 141 g/mol. The molecule has 0 saturated carbocycles. The Morgan fingerprint density at radius 3 is 2.60 bits per heavy atom. The van der Waals surface area contributed by atoms with Gasteiger partial charge in [0.15, 0.2) is 0 Å². The molecule has 0 fully saturated rings. The van der Waals surface area contributed by atoms with E-state index >= 15 is 0 Å². The lowest BCUT2D eigenvalue weighted by Crippen LogP contribution is -2.20. The zero-order valence-electron chi connectivity index (χ0n) is 5.23. The predicted molar refractivity (Wildman–Crippen MR) is 33.7 cm³/mol. The van der Waals surface area contributed by atoms with Gasteiger partial charge in [-0.05, 0) is 0 Å². The molecule has 0 bridgehead atoms. The molecule has 0 amide bonds. The number of carboxylic acids is 1. The molecule has 1 aliphatic rings. The van der Waals surface area contributed by atoms with Crippen LogP contribution in [0.1, 0.15) is 0 Å². The maximum Gasteiger partial charge on any atom is 0.323 e. The third kappa shape index (κ3) is 1.81. The Labute approximate surface area is 58.0 Å². The van der Waals surface area contributed by atoms with Gasteiger partial charge >= 0.3 is 5.97 Å². The second kappa shape index (κ2) is 2.91. The Bertz CT molecular complexity index is 173. The molecule has 0 aromatic rings. The van der Waals surface area contributed by atoms with Crippen LogP contribution in [0.5, 0.6) is 0 Å². The summed E-state index contributed by atoms with van der Waals surface area (Å²) < 4.78 is 4.69. The van der Waals surface area contributed by atoms with Crippen molar-refractivity contribution < 1.29 is 14.6 Å². The van der Waals surface area contributed by atoms with Crippen molar-refractivity contribution >= 4 is 5.97 Å². The van der Waals surface area contributed by atoms with E-state index in [9.17, 15) is 4.79 Å². The second-order valence-corrected chi connectivity index (χ2v) is 1.77. The van der Waals surface area contributed by atoms with Crippen LogP contribution in [0.25, 0.3) is 0 Å². The monoisotopic (exact) mass is 141 g/mol. The van der Waals surface area contributed by atoms with Gasteiger partial charge in [0.05, 0.1) is 0 Å². The van der Waals surface area contributed by atoms with Crippen LogP contribution in [0.2, 0.25) is 0 Å². The summed E-state index contributed by atoms with van der Waals surface area (Å²) in [6, 6.07) is 0. The molecular weight excluding hydrogens is 134 g/mol. The zero-order chi connectivity index (χ0) is 7.40. The van der Waals surface area contributed by atoms with Gasteiger partial charge in [-0.25, -0.2) is 0 Å². The van der Waals surface area contributed by atoms with Crippen LogP contribution in [0.3, 0.4) is 0 Å². The van der Waals surface area contributed by atoms with E-state index < -0.39 is 5.97 Å². The Hall–Kier alpha value is -1.45. The molecule has 0 aromatic carbocycles. The molecular formula is C6H7NO3. The minimum atomic E-state index is -0.865. The highest BCUT2D eigenvalue weighted by molar-refractivity contribution is 5.69. The topological polar surface area (TPSA) is 49.8 Å². The first-order valence-corrected chi connectivity index (χ1v) is 2.75. The molecule has 1 heterocycles. The van der Waals surface area contributed by atoms with Crippen LogP contribution < -0.4 is 0 Å². The molecule has 0 saturated heterocycles. The van der Waals surface area contributed by atoms with E-state index in [1.165, 1.54) is 17.4 Å². The molecule has 4 heteroatoms. The lowest BCUT2D eigenvalue weighted by Gasteiger charge is -2.13. The zero-order valence-corrected chi connectivity index (χ0v) is 5.23. The molecule has 0 aliphatic carbocycles. The Kier molecular flexibility index (Phi) is 1.94. The molecule has 10 heavy (non-hydrogen) atoms. The summed E-state index contributed by atoms with van der Waals surface area (Å²) >= 11 is 0. The lowest BCUT2D eigenvalue weighted by atomic mass is 10.5. The summed E-state index contributed by atoms with van der Waals surface area (Å²) in [5.41, 5.74) is 0. The highest BCUT2D eigenvalue weighted by atomic mass is 16.5. The Morgan fingerprint density at radius 2 is 2.10 bits per heavy atom. The number of nitrogens with zero attached hydrogens (tertiary/aromatic N) is 1. The van der Waals surface area contributed by atoms with Gasteiger partial charge in [-0.15, -0.1) is 0 Å². The minimum Gasteiger partial charge on any atom is -0.480 e. The highest BCUT2D eigenvalue weighted by Crippen LogP contribution is 1.98. The van der Waals surface area contributed by atoms with Gasteiger partial charge in [0.25, 0.3) is 0 Å². The maximum atomic E-state index is 10.1. The number of carboxylic acid groups (broad SMARTS) is 1. The molecule has 0 radical (unpaired) electrons. The van der Waals surface area contributed by atoms with E-state index in [0.717, 1.165) is 0 Å². The van der Waals surface area contributed by atoms with Crippen LogP contribution in [-0.2, 0) is 9.53 Å². The number of aliphatic carboxylic acids is 1. The number of ether oxygens (including phenoxy) is 1. The predicted octanol–water partition coefficient (Wildman–Crippen LogP) is 0.346. The van der Waals surface area contributed by atoms with Gasteiger partial charge in [0.2, 0.25) is 0 Å². The average Bonchev–Trinajstić information content (AvgIpc) is 1.88. The second-order valence-electron chi connectivity index (χ2n) is 1.77. The summed E-state index contributed by atoms with van der Waals surface area (Å²) in [4.78, 5) is 11.6. The molecule has 0 spiro atoms. The standard InChI is InChI=1S/C6H7NO3/c8-6(9)5-7-1-3-10-4-2-7/h1-4H,5H2,(H,8,9). The van der Waals surface area contributed by atoms with E-state index in [1.54, 1.807) is 12.4 Å². The summed E-state index contributed by atoms with van der Waals surface area (Å²) in [5, 5.41) is 8.32. The van der Waals surface area contributed by atoms with Crippen LogP contribution >= 0.6 is 0 Å². The first-order valence-electron chi connectivity index (χ1n) is 2.75. The first-order chi connectivity index (χ1) is 4.79. The summed E-state index contributed by atoms with van der Waals surface area (Å²) in [6.07, 6.45) is 5.94. The number of carbonyl (C=O) groups is 1. The summed E-state index contributed by atoms with van der Waals surface area (Å²) in [5.74, 6) is -0.865. The van der Waals surface area contributed by atoms with E-state index in [0.29, 0.717) is 0 Å². The van der Waals surface area contributed by atoms with Crippen LogP contribution in [0.15, 0.2) is 24.9 Å². The third-order valence-corrected chi connectivity index (χ3v) is 0.980. The molecule has 0 atom stereocenters. The van der Waals surface area contributed by atoms with Crippen LogP contribution in [-0.4, -0.2) is 22.5 Å². The SMILES string of the molecule is O=C(O)CN1C=COC=C1. The van der Waals surface area contributed by atoms with Crippen molar-refractivity contribution in [1.82, 2.24) is 4.90 Å². The molecule has 1 N–H and O–H groups in total. The Balaban J connectivity index is 2.40. The third-order valence-electron chi connectivity index (χ3n) is 0.980.